The van der Waals surface area contributed by atoms with Crippen molar-refractivity contribution in [1.82, 2.24) is 0 Å². The quantitative estimate of drug-likeness (QED) is 0.872. The second-order valence-corrected chi connectivity index (χ2v) is 6.55. The van der Waals surface area contributed by atoms with Gasteiger partial charge in [0.05, 0.1) is 0 Å². The van der Waals surface area contributed by atoms with Gasteiger partial charge in [-0.05, 0) is 42.2 Å². The van der Waals surface area contributed by atoms with E-state index in [1.807, 2.05) is 11.8 Å². The van der Waals surface area contributed by atoms with Gasteiger partial charge in [0, 0.05) is 16.2 Å². The Morgan fingerprint density at radius 3 is 2.67 bits per heavy atom. The van der Waals surface area contributed by atoms with Gasteiger partial charge in [0.15, 0.2) is 0 Å². The third kappa shape index (κ3) is 2.70. The highest BCUT2D eigenvalue weighted by Gasteiger charge is 2.19. The first-order valence-electron chi connectivity index (χ1n) is 6.72. The number of benzene rings is 2. The number of rotatable bonds is 2. The van der Waals surface area contributed by atoms with Crippen LogP contribution in [0.15, 0.2) is 47.4 Å². The second-order valence-electron chi connectivity index (χ2n) is 5.18. The molecule has 94 valence electrons. The van der Waals surface area contributed by atoms with Crippen molar-refractivity contribution in [2.24, 2.45) is 5.73 Å². The molecule has 2 aromatic carbocycles. The summed E-state index contributed by atoms with van der Waals surface area (Å²) in [7, 11) is 0. The maximum Gasteiger partial charge on any atom is 0.0109 e. The zero-order valence-corrected chi connectivity index (χ0v) is 11.3. The van der Waals surface area contributed by atoms with Crippen LogP contribution in [0.2, 0.25) is 0 Å². The van der Waals surface area contributed by atoms with Crippen molar-refractivity contribution in [2.75, 3.05) is 0 Å². The van der Waals surface area contributed by atoms with Gasteiger partial charge in [-0.15, -0.1) is 11.8 Å². The highest BCUT2D eigenvalue weighted by molar-refractivity contribution is 8.00. The third-order valence-corrected chi connectivity index (χ3v) is 4.98. The van der Waals surface area contributed by atoms with Gasteiger partial charge in [-0.2, -0.15) is 0 Å². The maximum atomic E-state index is 6.06. The first-order chi connectivity index (χ1) is 8.81. The van der Waals surface area contributed by atoms with E-state index in [9.17, 15) is 0 Å². The fourth-order valence-corrected chi connectivity index (χ4v) is 4.08. The van der Waals surface area contributed by atoms with Crippen LogP contribution in [-0.2, 0) is 0 Å². The standard InChI is InChI=1S/C16H19NS/c17-14-6-3-7-15(11-14)18-16-9-8-12-4-1-2-5-13(12)10-16/h1-2,4-5,8-10,14-15H,3,6-7,11,17H2. The lowest BCUT2D eigenvalue weighted by Gasteiger charge is -2.26. The number of nitrogens with two attached hydrogens (primary N) is 1. The van der Waals surface area contributed by atoms with Crippen molar-refractivity contribution < 1.29 is 0 Å². The van der Waals surface area contributed by atoms with Crippen molar-refractivity contribution >= 4 is 22.5 Å². The molecule has 0 saturated heterocycles. The van der Waals surface area contributed by atoms with Crippen molar-refractivity contribution in [3.63, 3.8) is 0 Å². The molecule has 0 spiro atoms. The van der Waals surface area contributed by atoms with E-state index in [-0.39, 0.29) is 0 Å². The van der Waals surface area contributed by atoms with Gasteiger partial charge in [0.2, 0.25) is 0 Å². The summed E-state index contributed by atoms with van der Waals surface area (Å²) in [6, 6.07) is 15.7. The van der Waals surface area contributed by atoms with E-state index in [2.05, 4.69) is 42.5 Å². The lowest BCUT2D eigenvalue weighted by molar-refractivity contribution is 0.451. The van der Waals surface area contributed by atoms with Gasteiger partial charge < -0.3 is 5.73 Å². The summed E-state index contributed by atoms with van der Waals surface area (Å²) in [5.41, 5.74) is 6.06. The van der Waals surface area contributed by atoms with Crippen LogP contribution in [-0.4, -0.2) is 11.3 Å². The lowest BCUT2D eigenvalue weighted by atomic mass is 9.96. The van der Waals surface area contributed by atoms with E-state index in [4.69, 9.17) is 5.73 Å². The first-order valence-corrected chi connectivity index (χ1v) is 7.60. The zero-order chi connectivity index (χ0) is 12.4. The van der Waals surface area contributed by atoms with Crippen LogP contribution in [0.25, 0.3) is 10.8 Å². The summed E-state index contributed by atoms with van der Waals surface area (Å²) in [4.78, 5) is 1.38. The number of hydrogen-bond acceptors (Lipinski definition) is 2. The van der Waals surface area contributed by atoms with Crippen molar-refractivity contribution in [2.45, 2.75) is 41.9 Å². The number of fused-ring (bicyclic) bond motifs is 1. The summed E-state index contributed by atoms with van der Waals surface area (Å²) < 4.78 is 0. The summed E-state index contributed by atoms with van der Waals surface area (Å²) in [6.45, 7) is 0. The molecule has 0 amide bonds. The summed E-state index contributed by atoms with van der Waals surface area (Å²) >= 11 is 2.00. The molecule has 1 aliphatic carbocycles. The molecule has 2 heteroatoms. The third-order valence-electron chi connectivity index (χ3n) is 3.69. The van der Waals surface area contributed by atoms with Crippen LogP contribution >= 0.6 is 11.8 Å². The van der Waals surface area contributed by atoms with Crippen molar-refractivity contribution in [3.8, 4) is 0 Å². The molecule has 1 nitrogen and oxygen atoms in total. The van der Waals surface area contributed by atoms with Crippen LogP contribution in [0.4, 0.5) is 0 Å². The molecule has 1 saturated carbocycles. The van der Waals surface area contributed by atoms with E-state index in [0.717, 1.165) is 6.42 Å². The van der Waals surface area contributed by atoms with E-state index in [1.165, 1.54) is 34.9 Å². The Morgan fingerprint density at radius 1 is 1.00 bits per heavy atom. The molecule has 2 N–H and O–H groups in total. The molecule has 2 aromatic rings. The van der Waals surface area contributed by atoms with Gasteiger partial charge in [-0.25, -0.2) is 0 Å². The van der Waals surface area contributed by atoms with Gasteiger partial charge in [0.25, 0.3) is 0 Å². The van der Waals surface area contributed by atoms with Crippen molar-refractivity contribution in [1.29, 1.82) is 0 Å². The fourth-order valence-electron chi connectivity index (χ4n) is 2.72. The Hall–Kier alpha value is -0.990. The molecule has 18 heavy (non-hydrogen) atoms. The monoisotopic (exact) mass is 257 g/mol. The summed E-state index contributed by atoms with van der Waals surface area (Å²) in [5, 5.41) is 3.36. The molecule has 0 heterocycles. The molecule has 2 atom stereocenters. The van der Waals surface area contributed by atoms with Gasteiger partial charge >= 0.3 is 0 Å². The Balaban J connectivity index is 1.78. The zero-order valence-electron chi connectivity index (χ0n) is 10.5. The summed E-state index contributed by atoms with van der Waals surface area (Å²) in [5.74, 6) is 0. The number of thioether (sulfide) groups is 1. The molecule has 1 aliphatic rings. The van der Waals surface area contributed by atoms with E-state index < -0.39 is 0 Å². The average molecular weight is 257 g/mol. The van der Waals surface area contributed by atoms with Crippen molar-refractivity contribution in [3.05, 3.63) is 42.5 Å². The SMILES string of the molecule is NC1CCCC(Sc2ccc3ccccc3c2)C1. The van der Waals surface area contributed by atoms with E-state index in [1.54, 1.807) is 0 Å². The Bertz CT molecular complexity index is 537. The van der Waals surface area contributed by atoms with Crippen LogP contribution in [0.1, 0.15) is 25.7 Å². The molecule has 3 rings (SSSR count). The predicted octanol–water partition coefficient (Wildman–Crippen LogP) is 4.20. The molecule has 0 radical (unpaired) electrons. The van der Waals surface area contributed by atoms with E-state index in [0.29, 0.717) is 11.3 Å². The van der Waals surface area contributed by atoms with Crippen LogP contribution in [0, 0.1) is 0 Å². The molecule has 0 bridgehead atoms. The van der Waals surface area contributed by atoms with E-state index >= 15 is 0 Å². The van der Waals surface area contributed by atoms with Crippen LogP contribution in [0.5, 0.6) is 0 Å². The average Bonchev–Trinajstić information content (AvgIpc) is 2.39. The minimum Gasteiger partial charge on any atom is -0.328 e. The van der Waals surface area contributed by atoms with Gasteiger partial charge in [-0.1, -0.05) is 36.8 Å². The smallest absolute Gasteiger partial charge is 0.0109 e. The topological polar surface area (TPSA) is 26.0 Å². The molecule has 0 aromatic heterocycles. The highest BCUT2D eigenvalue weighted by atomic mass is 32.2. The maximum absolute atomic E-state index is 6.06. The van der Waals surface area contributed by atoms with Gasteiger partial charge in [-0.3, -0.25) is 0 Å². The molecule has 0 aliphatic heterocycles. The minimum absolute atomic E-state index is 0.414. The Labute approximate surface area is 113 Å². The molecule has 1 fully saturated rings. The first kappa shape index (κ1) is 12.1. The Kier molecular flexibility index (Phi) is 3.57. The highest BCUT2D eigenvalue weighted by Crippen LogP contribution is 2.34. The van der Waals surface area contributed by atoms with Crippen LogP contribution < -0.4 is 5.73 Å². The summed E-state index contributed by atoms with van der Waals surface area (Å²) in [6.07, 6.45) is 4.96. The lowest BCUT2D eigenvalue weighted by Crippen LogP contribution is -2.29. The molecular weight excluding hydrogens is 238 g/mol. The normalized spacial score (nSPS) is 24.3. The fraction of sp³-hybridized carbons (Fsp3) is 0.375. The Morgan fingerprint density at radius 2 is 1.83 bits per heavy atom. The second kappa shape index (κ2) is 5.33. The largest absolute Gasteiger partial charge is 0.328 e. The number of hydrogen-bond donors (Lipinski definition) is 1. The van der Waals surface area contributed by atoms with Gasteiger partial charge in [0.1, 0.15) is 0 Å². The molecule has 2 unspecified atom stereocenters. The molecular formula is C16H19NS. The van der Waals surface area contributed by atoms with Crippen LogP contribution in [0.3, 0.4) is 0 Å². The minimum atomic E-state index is 0.414. The predicted molar refractivity (Wildman–Crippen MR) is 80.0 cm³/mol.